The molecule has 3 heterocycles. The minimum Gasteiger partial charge on any atom is -0.394 e. The van der Waals surface area contributed by atoms with E-state index < -0.39 is 35.1 Å². The number of carbonyl (C=O) groups is 3. The van der Waals surface area contributed by atoms with E-state index in [2.05, 4.69) is 10.6 Å². The first kappa shape index (κ1) is 22.0. The minimum absolute atomic E-state index is 0.0516. The smallest absolute Gasteiger partial charge is 0.246 e. The quantitative estimate of drug-likeness (QED) is 0.565. The Morgan fingerprint density at radius 2 is 1.90 bits per heavy atom. The molecule has 164 valence electrons. The maximum absolute atomic E-state index is 13.7. The Morgan fingerprint density at radius 3 is 2.38 bits per heavy atom. The van der Waals surface area contributed by atoms with E-state index in [0.717, 1.165) is 0 Å². The Kier molecular flexibility index (Phi) is 5.73. The van der Waals surface area contributed by atoms with Crippen molar-refractivity contribution in [3.05, 3.63) is 0 Å². The maximum atomic E-state index is 13.7. The van der Waals surface area contributed by atoms with Gasteiger partial charge in [-0.2, -0.15) is 0 Å². The number of nitrogens with one attached hydrogen (secondary N) is 2. The van der Waals surface area contributed by atoms with E-state index in [1.54, 1.807) is 7.05 Å². The van der Waals surface area contributed by atoms with Crippen LogP contribution < -0.4 is 10.6 Å². The fourth-order valence-corrected chi connectivity index (χ4v) is 5.85. The third kappa shape index (κ3) is 2.98. The van der Waals surface area contributed by atoms with Crippen LogP contribution >= 0.6 is 0 Å². The molecule has 0 aromatic carbocycles. The van der Waals surface area contributed by atoms with E-state index in [1.807, 2.05) is 34.6 Å². The molecule has 3 amide bonds. The van der Waals surface area contributed by atoms with E-state index in [4.69, 9.17) is 4.74 Å². The number of nitrogens with zero attached hydrogens (tertiary/aromatic N) is 1. The lowest BCUT2D eigenvalue weighted by atomic mass is 9.65. The molecule has 0 aromatic heterocycles. The molecular formula is C21H35N3O5. The van der Waals surface area contributed by atoms with E-state index in [9.17, 15) is 19.5 Å². The monoisotopic (exact) mass is 409 g/mol. The molecule has 3 saturated heterocycles. The van der Waals surface area contributed by atoms with E-state index >= 15 is 0 Å². The van der Waals surface area contributed by atoms with Gasteiger partial charge in [-0.25, -0.2) is 0 Å². The van der Waals surface area contributed by atoms with Gasteiger partial charge in [-0.05, 0) is 39.0 Å². The van der Waals surface area contributed by atoms with Gasteiger partial charge >= 0.3 is 0 Å². The molecule has 3 fully saturated rings. The Morgan fingerprint density at radius 1 is 1.24 bits per heavy atom. The van der Waals surface area contributed by atoms with Crippen molar-refractivity contribution in [1.82, 2.24) is 15.5 Å². The van der Waals surface area contributed by atoms with Gasteiger partial charge in [0.25, 0.3) is 0 Å². The first-order valence-corrected chi connectivity index (χ1v) is 10.7. The van der Waals surface area contributed by atoms with Crippen molar-refractivity contribution >= 4 is 17.7 Å². The molecule has 6 atom stereocenters. The summed E-state index contributed by atoms with van der Waals surface area (Å²) in [7, 11) is 1.56. The fourth-order valence-electron chi connectivity index (χ4n) is 5.85. The van der Waals surface area contributed by atoms with Crippen LogP contribution in [0.1, 0.15) is 53.9 Å². The number of carbonyl (C=O) groups excluding carboxylic acids is 3. The molecule has 2 unspecified atom stereocenters. The standard InChI is InChI=1S/C21H35N3O5/c1-7-20-8-9-21(29-20)15(14(20)17(26)22-6)19(28)24(13(10-25)11(2)3)16(21)18(27)23-12(4)5/h11-16,25H,7-10H2,1-6H3,(H,22,26)(H,23,27)/t13-,14+,15-,16?,20-,21?/m0/s1. The molecule has 3 N–H and O–H groups in total. The highest BCUT2D eigenvalue weighted by atomic mass is 16.5. The highest BCUT2D eigenvalue weighted by Gasteiger charge is 2.79. The second kappa shape index (κ2) is 7.54. The third-order valence-corrected chi connectivity index (χ3v) is 7.14. The summed E-state index contributed by atoms with van der Waals surface area (Å²) in [6.45, 7) is 9.29. The summed E-state index contributed by atoms with van der Waals surface area (Å²) in [5.41, 5.74) is -1.76. The van der Waals surface area contributed by atoms with Crippen LogP contribution in [0, 0.1) is 17.8 Å². The van der Waals surface area contributed by atoms with Crippen LogP contribution in [0.3, 0.4) is 0 Å². The van der Waals surface area contributed by atoms with Gasteiger partial charge in [0.15, 0.2) is 0 Å². The third-order valence-electron chi connectivity index (χ3n) is 7.14. The van der Waals surface area contributed by atoms with Crippen LogP contribution in [-0.4, -0.2) is 70.7 Å². The van der Waals surface area contributed by atoms with Gasteiger partial charge in [0.2, 0.25) is 17.7 Å². The zero-order chi connectivity index (χ0) is 21.7. The maximum Gasteiger partial charge on any atom is 0.246 e. The molecule has 3 aliphatic heterocycles. The first-order chi connectivity index (χ1) is 13.6. The summed E-state index contributed by atoms with van der Waals surface area (Å²) in [6.07, 6.45) is 1.78. The van der Waals surface area contributed by atoms with Crippen LogP contribution in [0.25, 0.3) is 0 Å². The van der Waals surface area contributed by atoms with Gasteiger partial charge in [0.1, 0.15) is 11.6 Å². The largest absolute Gasteiger partial charge is 0.394 e. The van der Waals surface area contributed by atoms with Crippen molar-refractivity contribution < 1.29 is 24.2 Å². The number of ether oxygens (including phenoxy) is 1. The van der Waals surface area contributed by atoms with Crippen LogP contribution in [0.5, 0.6) is 0 Å². The average molecular weight is 410 g/mol. The molecule has 8 heteroatoms. The van der Waals surface area contributed by atoms with E-state index in [0.29, 0.717) is 19.3 Å². The van der Waals surface area contributed by atoms with E-state index in [1.165, 1.54) is 4.90 Å². The molecule has 8 nitrogen and oxygen atoms in total. The van der Waals surface area contributed by atoms with Crippen molar-refractivity contribution in [1.29, 1.82) is 0 Å². The van der Waals surface area contributed by atoms with Crippen molar-refractivity contribution in [2.45, 2.75) is 83.2 Å². The number of fused-ring (bicyclic) bond motifs is 1. The number of aliphatic hydroxyl groups excluding tert-OH is 1. The number of likely N-dealkylation sites (tertiary alicyclic amines) is 1. The van der Waals surface area contributed by atoms with E-state index in [-0.39, 0.29) is 36.3 Å². The molecule has 3 rings (SSSR count). The zero-order valence-electron chi connectivity index (χ0n) is 18.3. The van der Waals surface area contributed by atoms with Crippen molar-refractivity contribution in [3.8, 4) is 0 Å². The first-order valence-electron chi connectivity index (χ1n) is 10.7. The van der Waals surface area contributed by atoms with Crippen LogP contribution in [0.2, 0.25) is 0 Å². The zero-order valence-corrected chi connectivity index (χ0v) is 18.3. The number of rotatable bonds is 7. The Balaban J connectivity index is 2.15. The molecule has 0 aromatic rings. The number of amides is 3. The SMILES string of the molecule is CC[C@@]12CCC3(O1)C(C(=O)NC(C)C)N([C@@H](CO)C(C)C)C(=O)[C@@H]3[C@@H]2C(=O)NC. The van der Waals surface area contributed by atoms with Gasteiger partial charge in [0.05, 0.1) is 30.1 Å². The lowest BCUT2D eigenvalue weighted by Crippen LogP contribution is -2.59. The van der Waals surface area contributed by atoms with Gasteiger partial charge < -0.3 is 25.4 Å². The molecular weight excluding hydrogens is 374 g/mol. The number of hydrogen-bond donors (Lipinski definition) is 3. The number of aliphatic hydroxyl groups is 1. The highest BCUT2D eigenvalue weighted by Crippen LogP contribution is 2.64. The van der Waals surface area contributed by atoms with Gasteiger partial charge in [-0.1, -0.05) is 20.8 Å². The second-order valence-electron chi connectivity index (χ2n) is 9.35. The molecule has 0 saturated carbocycles. The fraction of sp³-hybridized carbons (Fsp3) is 0.857. The molecule has 1 spiro atoms. The summed E-state index contributed by atoms with van der Waals surface area (Å²) in [6, 6.07) is -1.48. The lowest BCUT2D eigenvalue weighted by molar-refractivity contribution is -0.152. The molecule has 29 heavy (non-hydrogen) atoms. The Labute approximate surface area is 172 Å². The highest BCUT2D eigenvalue weighted by molar-refractivity contribution is 5.99. The topological polar surface area (TPSA) is 108 Å². The summed E-state index contributed by atoms with van der Waals surface area (Å²) in [5, 5.41) is 15.7. The lowest BCUT2D eigenvalue weighted by Gasteiger charge is -2.39. The van der Waals surface area contributed by atoms with Gasteiger partial charge in [0, 0.05) is 13.1 Å². The van der Waals surface area contributed by atoms with Crippen molar-refractivity contribution in [2.24, 2.45) is 17.8 Å². The van der Waals surface area contributed by atoms with Crippen molar-refractivity contribution in [3.63, 3.8) is 0 Å². The molecule has 0 radical (unpaired) electrons. The molecule has 2 bridgehead atoms. The van der Waals surface area contributed by atoms with Crippen LogP contribution in [-0.2, 0) is 19.1 Å². The molecule has 3 aliphatic rings. The minimum atomic E-state index is -1.04. The summed E-state index contributed by atoms with van der Waals surface area (Å²) in [5.74, 6) is -2.16. The predicted octanol–water partition coefficient (Wildman–Crippen LogP) is 0.429. The molecule has 0 aliphatic carbocycles. The summed E-state index contributed by atoms with van der Waals surface area (Å²) < 4.78 is 6.58. The normalized spacial score (nSPS) is 36.7. The van der Waals surface area contributed by atoms with Crippen molar-refractivity contribution in [2.75, 3.05) is 13.7 Å². The van der Waals surface area contributed by atoms with Crippen LogP contribution in [0.4, 0.5) is 0 Å². The van der Waals surface area contributed by atoms with Gasteiger partial charge in [-0.15, -0.1) is 0 Å². The second-order valence-corrected chi connectivity index (χ2v) is 9.35. The summed E-state index contributed by atoms with van der Waals surface area (Å²) >= 11 is 0. The summed E-state index contributed by atoms with van der Waals surface area (Å²) in [4.78, 5) is 41.5. The average Bonchev–Trinajstić information content (AvgIpc) is 3.25. The Hall–Kier alpha value is -1.67. The predicted molar refractivity (Wildman–Crippen MR) is 107 cm³/mol. The number of hydrogen-bond acceptors (Lipinski definition) is 5. The van der Waals surface area contributed by atoms with Crippen LogP contribution in [0.15, 0.2) is 0 Å². The Bertz CT molecular complexity index is 696. The van der Waals surface area contributed by atoms with Gasteiger partial charge in [-0.3, -0.25) is 14.4 Å².